The highest BCUT2D eigenvalue weighted by Gasteiger charge is 2.11. The molecule has 17 heavy (non-hydrogen) atoms. The van der Waals surface area contributed by atoms with Gasteiger partial charge in [0.05, 0.1) is 21.3 Å². The van der Waals surface area contributed by atoms with Crippen molar-refractivity contribution >= 4 is 6.03 Å². The van der Waals surface area contributed by atoms with Crippen LogP contribution in [0.1, 0.15) is 6.92 Å². The topological polar surface area (TPSA) is 82.8 Å². The molecule has 0 heterocycles. The van der Waals surface area contributed by atoms with Gasteiger partial charge in [0.15, 0.2) is 11.5 Å². The van der Waals surface area contributed by atoms with Crippen molar-refractivity contribution in [3.05, 3.63) is 35.6 Å². The van der Waals surface area contributed by atoms with Gasteiger partial charge in [-0.3, -0.25) is 0 Å². The predicted octanol–water partition coefficient (Wildman–Crippen LogP) is 1.22. The van der Waals surface area contributed by atoms with Gasteiger partial charge in [-0.2, -0.15) is 0 Å². The molecule has 2 amide bonds. The van der Waals surface area contributed by atoms with Crippen LogP contribution in [0.3, 0.4) is 0 Å². The molecule has 3 N–H and O–H groups in total. The van der Waals surface area contributed by atoms with Crippen molar-refractivity contribution in [2.45, 2.75) is 6.92 Å². The standard InChI is InChI=1S/C11H18N2O4/c1-7(13-11(12)14)6-9(16-4)10(17-5)8(2)15-3/h6H,2H2,1,3-5H3,(H3,12,13,14)/b7-6+,10-9-. The molecule has 0 bridgehead atoms. The van der Waals surface area contributed by atoms with Gasteiger partial charge in [0.25, 0.3) is 0 Å². The van der Waals surface area contributed by atoms with Gasteiger partial charge in [-0.25, -0.2) is 4.79 Å². The SMILES string of the molecule is C=C(OC)/C(OC)=C(\C=C(/C)NC(N)=O)OC. The highest BCUT2D eigenvalue weighted by Crippen LogP contribution is 2.17. The summed E-state index contributed by atoms with van der Waals surface area (Å²) < 4.78 is 15.2. The van der Waals surface area contributed by atoms with Crippen molar-refractivity contribution in [1.29, 1.82) is 0 Å². The third kappa shape index (κ3) is 4.96. The summed E-state index contributed by atoms with van der Waals surface area (Å²) in [7, 11) is 4.39. The van der Waals surface area contributed by atoms with Crippen LogP contribution in [-0.2, 0) is 14.2 Å². The van der Waals surface area contributed by atoms with Crippen LogP contribution < -0.4 is 11.1 Å². The number of urea groups is 1. The van der Waals surface area contributed by atoms with Crippen LogP contribution in [0.5, 0.6) is 0 Å². The molecule has 0 fully saturated rings. The Hall–Kier alpha value is -2.11. The molecule has 0 radical (unpaired) electrons. The average Bonchev–Trinajstić information content (AvgIpc) is 2.27. The third-order valence-electron chi connectivity index (χ3n) is 1.82. The fraction of sp³-hybridized carbons (Fsp3) is 0.364. The molecular formula is C11H18N2O4. The molecule has 0 saturated carbocycles. The smallest absolute Gasteiger partial charge is 0.316 e. The number of primary amides is 1. The number of carbonyl (C=O) groups excluding carboxylic acids is 1. The van der Waals surface area contributed by atoms with Gasteiger partial charge in [0, 0.05) is 11.8 Å². The first-order valence-electron chi connectivity index (χ1n) is 4.76. The third-order valence-corrected chi connectivity index (χ3v) is 1.82. The summed E-state index contributed by atoms with van der Waals surface area (Å²) in [5, 5.41) is 2.40. The molecule has 6 nitrogen and oxygen atoms in total. The Morgan fingerprint density at radius 1 is 1.24 bits per heavy atom. The van der Waals surface area contributed by atoms with E-state index >= 15 is 0 Å². The van der Waals surface area contributed by atoms with E-state index in [1.54, 1.807) is 13.0 Å². The zero-order valence-corrected chi connectivity index (χ0v) is 10.5. The molecule has 0 atom stereocenters. The molecule has 0 spiro atoms. The van der Waals surface area contributed by atoms with Crippen molar-refractivity contribution in [2.75, 3.05) is 21.3 Å². The van der Waals surface area contributed by atoms with Crippen molar-refractivity contribution in [2.24, 2.45) is 5.73 Å². The minimum absolute atomic E-state index is 0.312. The predicted molar refractivity (Wildman–Crippen MR) is 63.7 cm³/mol. The van der Waals surface area contributed by atoms with Crippen LogP contribution in [0.4, 0.5) is 4.79 Å². The maximum absolute atomic E-state index is 10.6. The summed E-state index contributed by atoms with van der Waals surface area (Å²) >= 11 is 0. The number of rotatable bonds is 6. The van der Waals surface area contributed by atoms with Gasteiger partial charge in [0.1, 0.15) is 0 Å². The number of ether oxygens (including phenoxy) is 3. The highest BCUT2D eigenvalue weighted by atomic mass is 16.5. The number of carbonyl (C=O) groups is 1. The molecule has 6 heteroatoms. The minimum atomic E-state index is -0.654. The van der Waals surface area contributed by atoms with E-state index in [1.165, 1.54) is 21.3 Å². The molecule has 0 unspecified atom stereocenters. The second-order valence-electron chi connectivity index (χ2n) is 3.05. The zero-order chi connectivity index (χ0) is 13.4. The lowest BCUT2D eigenvalue weighted by Crippen LogP contribution is -2.27. The molecule has 0 saturated heterocycles. The van der Waals surface area contributed by atoms with Crippen molar-refractivity contribution in [3.63, 3.8) is 0 Å². The maximum atomic E-state index is 10.6. The number of hydrogen-bond donors (Lipinski definition) is 2. The molecule has 96 valence electrons. The van der Waals surface area contributed by atoms with Crippen LogP contribution >= 0.6 is 0 Å². The van der Waals surface area contributed by atoms with Crippen LogP contribution in [0.15, 0.2) is 35.6 Å². The Morgan fingerprint density at radius 3 is 2.18 bits per heavy atom. The van der Waals surface area contributed by atoms with Crippen LogP contribution in [0, 0.1) is 0 Å². The Labute approximate surface area is 101 Å². The van der Waals surface area contributed by atoms with Crippen molar-refractivity contribution < 1.29 is 19.0 Å². The van der Waals surface area contributed by atoms with Gasteiger partial charge < -0.3 is 25.3 Å². The summed E-state index contributed by atoms with van der Waals surface area (Å²) in [6.45, 7) is 5.31. The van der Waals surface area contributed by atoms with E-state index in [0.29, 0.717) is 23.0 Å². The minimum Gasteiger partial charge on any atom is -0.493 e. The van der Waals surface area contributed by atoms with Crippen LogP contribution in [0.2, 0.25) is 0 Å². The Bertz CT molecular complexity index is 358. The second-order valence-corrected chi connectivity index (χ2v) is 3.05. The number of allylic oxidation sites excluding steroid dienone is 2. The Morgan fingerprint density at radius 2 is 1.82 bits per heavy atom. The van der Waals surface area contributed by atoms with E-state index in [1.807, 2.05) is 0 Å². The lowest BCUT2D eigenvalue weighted by Gasteiger charge is -2.12. The molecule has 0 aliphatic heterocycles. The van der Waals surface area contributed by atoms with E-state index < -0.39 is 6.03 Å². The van der Waals surface area contributed by atoms with Crippen molar-refractivity contribution in [1.82, 2.24) is 5.32 Å². The largest absolute Gasteiger partial charge is 0.493 e. The van der Waals surface area contributed by atoms with Gasteiger partial charge >= 0.3 is 6.03 Å². The molecular weight excluding hydrogens is 224 g/mol. The summed E-state index contributed by atoms with van der Waals surface area (Å²) in [6.07, 6.45) is 1.55. The summed E-state index contributed by atoms with van der Waals surface area (Å²) in [6, 6.07) is -0.654. The lowest BCUT2D eigenvalue weighted by atomic mass is 10.3. The fourth-order valence-corrected chi connectivity index (χ4v) is 1.09. The van der Waals surface area contributed by atoms with E-state index in [-0.39, 0.29) is 0 Å². The lowest BCUT2D eigenvalue weighted by molar-refractivity contribution is 0.192. The van der Waals surface area contributed by atoms with Gasteiger partial charge in [-0.05, 0) is 6.92 Å². The number of hydrogen-bond acceptors (Lipinski definition) is 4. The van der Waals surface area contributed by atoms with Crippen molar-refractivity contribution in [3.8, 4) is 0 Å². The molecule has 0 aliphatic rings. The monoisotopic (exact) mass is 242 g/mol. The maximum Gasteiger partial charge on any atom is 0.316 e. The first-order valence-corrected chi connectivity index (χ1v) is 4.76. The van der Waals surface area contributed by atoms with E-state index in [4.69, 9.17) is 19.9 Å². The Balaban J connectivity index is 5.21. The first-order chi connectivity index (χ1) is 7.96. The van der Waals surface area contributed by atoms with E-state index in [2.05, 4.69) is 11.9 Å². The summed E-state index contributed by atoms with van der Waals surface area (Å²) in [5.74, 6) is 1.01. The number of amides is 2. The van der Waals surface area contributed by atoms with E-state index in [0.717, 1.165) is 0 Å². The average molecular weight is 242 g/mol. The van der Waals surface area contributed by atoms with Crippen LogP contribution in [0.25, 0.3) is 0 Å². The molecule has 0 aromatic carbocycles. The first kappa shape index (κ1) is 14.9. The fourth-order valence-electron chi connectivity index (χ4n) is 1.09. The number of nitrogens with one attached hydrogen (secondary N) is 1. The quantitative estimate of drug-likeness (QED) is 0.542. The normalized spacial score (nSPS) is 12.4. The number of nitrogens with two attached hydrogens (primary N) is 1. The van der Waals surface area contributed by atoms with Crippen LogP contribution in [-0.4, -0.2) is 27.4 Å². The van der Waals surface area contributed by atoms with Gasteiger partial charge in [-0.1, -0.05) is 6.58 Å². The second kappa shape index (κ2) is 7.21. The highest BCUT2D eigenvalue weighted by molar-refractivity contribution is 5.73. The number of methoxy groups -OCH3 is 3. The molecule has 0 rings (SSSR count). The molecule has 0 aliphatic carbocycles. The molecule has 0 aromatic heterocycles. The van der Waals surface area contributed by atoms with Gasteiger partial charge in [0.2, 0.25) is 5.76 Å². The zero-order valence-electron chi connectivity index (χ0n) is 10.5. The van der Waals surface area contributed by atoms with E-state index in [9.17, 15) is 4.79 Å². The molecule has 0 aromatic rings. The summed E-state index contributed by atoms with van der Waals surface area (Å²) in [5.41, 5.74) is 5.49. The summed E-state index contributed by atoms with van der Waals surface area (Å²) in [4.78, 5) is 10.6. The van der Waals surface area contributed by atoms with Gasteiger partial charge in [-0.15, -0.1) is 0 Å². The Kier molecular flexibility index (Phi) is 6.32.